The third kappa shape index (κ3) is 2.87. The Morgan fingerprint density at radius 2 is 1.83 bits per heavy atom. The van der Waals surface area contributed by atoms with E-state index in [1.165, 1.54) is 12.1 Å². The lowest BCUT2D eigenvalue weighted by atomic mass is 10.1. The quantitative estimate of drug-likeness (QED) is 0.873. The highest BCUT2D eigenvalue weighted by molar-refractivity contribution is 6.33. The number of carbonyl (C=O) groups excluding carboxylic acids is 1. The summed E-state index contributed by atoms with van der Waals surface area (Å²) in [6.45, 7) is 3.73. The average molecular weight is 263 g/mol. The van der Waals surface area contributed by atoms with Crippen LogP contribution in [0.2, 0.25) is 5.02 Å². The number of hydrogen-bond acceptors (Lipinski definition) is 1. The van der Waals surface area contributed by atoms with Gasteiger partial charge in [-0.05, 0) is 42.8 Å². The molecule has 1 amide bonds. The topological polar surface area (TPSA) is 29.1 Å². The van der Waals surface area contributed by atoms with Crippen LogP contribution in [-0.4, -0.2) is 5.91 Å². The summed E-state index contributed by atoms with van der Waals surface area (Å²) >= 11 is 5.82. The molecule has 0 bridgehead atoms. The highest BCUT2D eigenvalue weighted by Gasteiger charge is 2.08. The van der Waals surface area contributed by atoms with Crippen molar-refractivity contribution in [1.82, 2.24) is 0 Å². The molecule has 0 saturated heterocycles. The highest BCUT2D eigenvalue weighted by atomic mass is 35.5. The van der Waals surface area contributed by atoms with E-state index in [4.69, 9.17) is 11.6 Å². The van der Waals surface area contributed by atoms with E-state index >= 15 is 0 Å². The number of halogens is 2. The number of anilines is 1. The van der Waals surface area contributed by atoms with Crippen molar-refractivity contribution in [1.29, 1.82) is 0 Å². The van der Waals surface area contributed by atoms with Crippen molar-refractivity contribution in [2.45, 2.75) is 0 Å². The lowest BCUT2D eigenvalue weighted by molar-refractivity contribution is 0.102. The van der Waals surface area contributed by atoms with Gasteiger partial charge in [-0.1, -0.05) is 23.7 Å². The van der Waals surface area contributed by atoms with Crippen LogP contribution >= 0.6 is 11.6 Å². The molecule has 1 N–H and O–H groups in total. The fourth-order valence-corrected chi connectivity index (χ4v) is 1.66. The maximum absolute atomic E-state index is 12.8. The Morgan fingerprint density at radius 3 is 2.44 bits per heavy atom. The molecule has 0 aliphatic carbocycles. The Labute approximate surface area is 109 Å². The normalized spacial score (nSPS) is 10.2. The summed E-state index contributed by atoms with van der Waals surface area (Å²) in [5.74, 6) is -0.747. The Hall–Kier alpha value is -1.87. The van der Waals surface area contributed by atoms with Gasteiger partial charge in [0.1, 0.15) is 5.82 Å². The van der Waals surface area contributed by atoms with E-state index < -0.39 is 5.82 Å². The molecule has 18 heavy (non-hydrogen) atoms. The molecule has 4 heteroatoms. The second-order valence-electron chi connectivity index (χ2n) is 3.78. The van der Waals surface area contributed by atoms with E-state index in [1.807, 2.05) is 0 Å². The molecule has 0 saturated carbocycles. The lowest BCUT2D eigenvalue weighted by Crippen LogP contribution is -2.12. The summed E-state index contributed by atoms with van der Waals surface area (Å²) in [4.78, 5) is 11.9. The lowest BCUT2D eigenvalue weighted by Gasteiger charge is -2.07. The largest absolute Gasteiger partial charge is 0.321 e. The van der Waals surface area contributed by atoms with Crippen LogP contribution in [0, 0.1) is 12.7 Å². The number of carbonyl (C=O) groups is 1. The van der Waals surface area contributed by atoms with Gasteiger partial charge in [0.15, 0.2) is 0 Å². The molecule has 0 heterocycles. The number of nitrogens with one attached hydrogen (secondary N) is 1. The Kier molecular flexibility index (Phi) is 3.63. The van der Waals surface area contributed by atoms with Crippen molar-refractivity contribution in [3.8, 4) is 0 Å². The number of rotatable bonds is 2. The van der Waals surface area contributed by atoms with Gasteiger partial charge >= 0.3 is 0 Å². The molecule has 0 aromatic heterocycles. The third-order valence-corrected chi connectivity index (χ3v) is 2.71. The predicted molar refractivity (Wildman–Crippen MR) is 70.3 cm³/mol. The molecule has 0 unspecified atom stereocenters. The zero-order valence-electron chi connectivity index (χ0n) is 9.41. The molecule has 0 spiro atoms. The van der Waals surface area contributed by atoms with E-state index in [1.54, 1.807) is 24.3 Å². The van der Waals surface area contributed by atoms with Gasteiger partial charge in [-0.3, -0.25) is 4.79 Å². The van der Waals surface area contributed by atoms with Crippen LogP contribution in [0.1, 0.15) is 15.9 Å². The van der Waals surface area contributed by atoms with E-state index in [-0.39, 0.29) is 10.9 Å². The van der Waals surface area contributed by atoms with Gasteiger partial charge in [-0.2, -0.15) is 0 Å². The molecular weight excluding hydrogens is 253 g/mol. The first-order valence-electron chi connectivity index (χ1n) is 5.25. The molecule has 1 radical (unpaired) electrons. The van der Waals surface area contributed by atoms with Crippen LogP contribution in [0.4, 0.5) is 10.1 Å². The van der Waals surface area contributed by atoms with Crippen molar-refractivity contribution in [2.75, 3.05) is 5.32 Å². The van der Waals surface area contributed by atoms with E-state index in [9.17, 15) is 9.18 Å². The number of amides is 1. The van der Waals surface area contributed by atoms with Gasteiger partial charge in [-0.25, -0.2) is 4.39 Å². The second kappa shape index (κ2) is 5.19. The summed E-state index contributed by atoms with van der Waals surface area (Å²) < 4.78 is 12.8. The zero-order chi connectivity index (χ0) is 13.1. The minimum Gasteiger partial charge on any atom is -0.321 e. The Bertz CT molecular complexity index is 581. The van der Waals surface area contributed by atoms with Gasteiger partial charge in [0.05, 0.1) is 10.7 Å². The first-order valence-corrected chi connectivity index (χ1v) is 5.62. The summed E-state index contributed by atoms with van der Waals surface area (Å²) in [6, 6.07) is 10.6. The summed E-state index contributed by atoms with van der Waals surface area (Å²) in [5, 5.41) is 2.78. The standard InChI is InChI=1S/C14H10ClFNO/c1-9-2-4-10(5-3-9)14(18)17-13-7-6-11(16)8-12(13)15/h2-8H,1H2,(H,17,18). The minimum atomic E-state index is -0.445. The molecule has 0 fully saturated rings. The molecule has 2 rings (SSSR count). The van der Waals surface area contributed by atoms with Gasteiger partial charge < -0.3 is 5.32 Å². The van der Waals surface area contributed by atoms with Crippen LogP contribution in [0.15, 0.2) is 42.5 Å². The molecule has 91 valence electrons. The van der Waals surface area contributed by atoms with Gasteiger partial charge in [0, 0.05) is 5.56 Å². The fourth-order valence-electron chi connectivity index (χ4n) is 1.44. The van der Waals surface area contributed by atoms with E-state index in [0.29, 0.717) is 11.3 Å². The first-order chi connectivity index (χ1) is 8.56. The van der Waals surface area contributed by atoms with Crippen molar-refractivity contribution in [2.24, 2.45) is 0 Å². The average Bonchev–Trinajstić information content (AvgIpc) is 2.33. The van der Waals surface area contributed by atoms with Crippen LogP contribution in [0.3, 0.4) is 0 Å². The van der Waals surface area contributed by atoms with Crippen molar-refractivity contribution in [3.05, 3.63) is 71.4 Å². The highest BCUT2D eigenvalue weighted by Crippen LogP contribution is 2.23. The molecule has 0 atom stereocenters. The SMILES string of the molecule is [CH2]c1ccc(C(=O)Nc2ccc(F)cc2Cl)cc1. The molecule has 0 aliphatic heterocycles. The third-order valence-electron chi connectivity index (χ3n) is 2.40. The maximum Gasteiger partial charge on any atom is 0.255 e. The maximum atomic E-state index is 12.8. The predicted octanol–water partition coefficient (Wildman–Crippen LogP) is 3.91. The molecule has 2 nitrogen and oxygen atoms in total. The van der Waals surface area contributed by atoms with Gasteiger partial charge in [0.2, 0.25) is 0 Å². The minimum absolute atomic E-state index is 0.164. The van der Waals surface area contributed by atoms with Crippen molar-refractivity contribution >= 4 is 23.2 Å². The number of benzene rings is 2. The van der Waals surface area contributed by atoms with Crippen LogP contribution in [0.5, 0.6) is 0 Å². The second-order valence-corrected chi connectivity index (χ2v) is 4.18. The Balaban J connectivity index is 2.18. The molecule has 0 aliphatic rings. The van der Waals surface area contributed by atoms with Gasteiger partial charge in [-0.15, -0.1) is 0 Å². The van der Waals surface area contributed by atoms with Crippen molar-refractivity contribution < 1.29 is 9.18 Å². The van der Waals surface area contributed by atoms with Crippen LogP contribution in [-0.2, 0) is 0 Å². The van der Waals surface area contributed by atoms with Crippen LogP contribution in [0.25, 0.3) is 0 Å². The Morgan fingerprint density at radius 1 is 1.17 bits per heavy atom. The summed E-state index contributed by atoms with van der Waals surface area (Å²) in [5.41, 5.74) is 1.69. The summed E-state index contributed by atoms with van der Waals surface area (Å²) in [6.07, 6.45) is 0. The summed E-state index contributed by atoms with van der Waals surface area (Å²) in [7, 11) is 0. The zero-order valence-corrected chi connectivity index (χ0v) is 10.2. The smallest absolute Gasteiger partial charge is 0.255 e. The monoisotopic (exact) mass is 262 g/mol. The molecule has 2 aromatic carbocycles. The molecule has 2 aromatic rings. The fraction of sp³-hybridized carbons (Fsp3) is 0. The molecular formula is C14H10ClFNO. The van der Waals surface area contributed by atoms with E-state index in [2.05, 4.69) is 12.2 Å². The first kappa shape index (κ1) is 12.6. The van der Waals surface area contributed by atoms with Crippen molar-refractivity contribution in [3.63, 3.8) is 0 Å². The van der Waals surface area contributed by atoms with Gasteiger partial charge in [0.25, 0.3) is 5.91 Å². The van der Waals surface area contributed by atoms with E-state index in [0.717, 1.165) is 11.6 Å². The number of hydrogen-bond donors (Lipinski definition) is 1. The van der Waals surface area contributed by atoms with Crippen LogP contribution < -0.4 is 5.32 Å².